The molecule has 18 nitrogen and oxygen atoms in total. The van der Waals surface area contributed by atoms with Crippen molar-refractivity contribution in [2.75, 3.05) is 24.6 Å². The highest BCUT2D eigenvalue weighted by molar-refractivity contribution is 8.76. The molecule has 0 aliphatic carbocycles. The van der Waals surface area contributed by atoms with Crippen LogP contribution >= 0.6 is 21.6 Å². The number of hydrogen-bond acceptors (Lipinski definition) is 12. The normalized spacial score (nSPS) is 13.6. The van der Waals surface area contributed by atoms with Gasteiger partial charge in [-0.2, -0.15) is 0 Å². The van der Waals surface area contributed by atoms with Crippen LogP contribution in [0.3, 0.4) is 0 Å². The molecule has 20 heteroatoms. The van der Waals surface area contributed by atoms with E-state index in [1.54, 1.807) is 0 Å². The lowest BCUT2D eigenvalue weighted by atomic mass is 10.1. The fraction of sp³-hybridized carbons (Fsp3) is 0.600. The summed E-state index contributed by atoms with van der Waals surface area (Å²) in [4.78, 5) is 91.4. The zero-order chi connectivity index (χ0) is 30.8. The van der Waals surface area contributed by atoms with Gasteiger partial charge in [0, 0.05) is 24.3 Å². The molecule has 0 bridgehead atoms. The van der Waals surface area contributed by atoms with Crippen molar-refractivity contribution >= 4 is 69.1 Å². The number of hydrogen-bond donors (Lipinski definition) is 10. The van der Waals surface area contributed by atoms with E-state index in [0.717, 1.165) is 21.6 Å². The van der Waals surface area contributed by atoms with Crippen molar-refractivity contribution < 1.29 is 58.8 Å². The Morgan fingerprint density at radius 2 is 0.875 bits per heavy atom. The molecule has 0 aliphatic heterocycles. The van der Waals surface area contributed by atoms with Gasteiger partial charge in [-0.25, -0.2) is 9.59 Å². The van der Waals surface area contributed by atoms with Gasteiger partial charge < -0.3 is 53.2 Å². The van der Waals surface area contributed by atoms with Gasteiger partial charge >= 0.3 is 23.9 Å². The quantitative estimate of drug-likeness (QED) is 0.0437. The Kier molecular flexibility index (Phi) is 17.7. The first-order valence-corrected chi connectivity index (χ1v) is 13.9. The van der Waals surface area contributed by atoms with Gasteiger partial charge in [0.05, 0.1) is 13.1 Å². The molecule has 0 saturated carbocycles. The van der Waals surface area contributed by atoms with Gasteiger partial charge in [-0.1, -0.05) is 21.6 Å². The maximum Gasteiger partial charge on any atom is 0.327 e. The van der Waals surface area contributed by atoms with Crippen molar-refractivity contribution in [3.8, 4) is 0 Å². The minimum absolute atomic E-state index is 0.162. The molecule has 0 saturated heterocycles. The van der Waals surface area contributed by atoms with Crippen LogP contribution in [-0.4, -0.2) is 117 Å². The summed E-state index contributed by atoms with van der Waals surface area (Å²) < 4.78 is 0. The molecular formula is C20H32N6O12S2. The molecule has 0 rings (SSSR count). The molecule has 4 amide bonds. The summed E-state index contributed by atoms with van der Waals surface area (Å²) in [6, 6.07) is -5.29. The van der Waals surface area contributed by atoms with Crippen LogP contribution in [0.5, 0.6) is 0 Å². The number of nitrogens with two attached hydrogens (primary N) is 2. The van der Waals surface area contributed by atoms with Gasteiger partial charge in [0.1, 0.15) is 24.2 Å². The second-order valence-electron chi connectivity index (χ2n) is 8.01. The van der Waals surface area contributed by atoms with Gasteiger partial charge in [-0.15, -0.1) is 0 Å². The van der Waals surface area contributed by atoms with E-state index >= 15 is 0 Å². The average Bonchev–Trinajstić information content (AvgIpc) is 2.88. The third-order valence-corrected chi connectivity index (χ3v) is 7.13. The predicted octanol–water partition coefficient (Wildman–Crippen LogP) is -3.88. The fourth-order valence-electron chi connectivity index (χ4n) is 2.43. The Bertz CT molecular complexity index is 879. The number of carboxylic acids is 4. The summed E-state index contributed by atoms with van der Waals surface area (Å²) in [5.74, 6) is -8.78. The van der Waals surface area contributed by atoms with E-state index in [2.05, 4.69) is 21.3 Å². The van der Waals surface area contributed by atoms with Crippen molar-refractivity contribution in [2.45, 2.75) is 49.9 Å². The standard InChI is InChI=1S/C20H32N6O12S2/c21-9(17(31)32)1-3-13(27)23-5-15(29)25-11(19(35)36)7-39-40-8-12(20(37)38)26-16(30)6-24-14(28)4-2-10(22)18(33)34/h9-12H,1-8,21-22H2,(H,23,27)(H,24,28)(H,25,29)(H,26,30)(H,31,32)(H,33,34)(H,35,36)(H,37,38)/t9-,10-,11-,12-/m0/s1. The highest BCUT2D eigenvalue weighted by Crippen LogP contribution is 2.23. The van der Waals surface area contributed by atoms with E-state index in [1.807, 2.05) is 0 Å². The van der Waals surface area contributed by atoms with Crippen LogP contribution in [0, 0.1) is 0 Å². The topological polar surface area (TPSA) is 318 Å². The molecule has 0 spiro atoms. The maximum atomic E-state index is 12.0. The molecule has 12 N–H and O–H groups in total. The zero-order valence-electron chi connectivity index (χ0n) is 21.0. The lowest BCUT2D eigenvalue weighted by Gasteiger charge is -2.16. The van der Waals surface area contributed by atoms with Crippen molar-refractivity contribution in [1.82, 2.24) is 21.3 Å². The Hall–Kier alpha value is -3.62. The molecule has 0 heterocycles. The second kappa shape index (κ2) is 19.4. The largest absolute Gasteiger partial charge is 0.480 e. The third kappa shape index (κ3) is 17.1. The molecule has 0 aromatic rings. The molecule has 0 radical (unpaired) electrons. The van der Waals surface area contributed by atoms with Crippen LogP contribution in [0.1, 0.15) is 25.7 Å². The zero-order valence-corrected chi connectivity index (χ0v) is 22.6. The van der Waals surface area contributed by atoms with Crippen molar-refractivity contribution in [3.63, 3.8) is 0 Å². The summed E-state index contributed by atoms with van der Waals surface area (Å²) in [5.41, 5.74) is 10.5. The second-order valence-corrected chi connectivity index (χ2v) is 10.6. The molecule has 226 valence electrons. The van der Waals surface area contributed by atoms with Gasteiger partial charge in [-0.3, -0.25) is 28.8 Å². The smallest absolute Gasteiger partial charge is 0.327 e. The maximum absolute atomic E-state index is 12.0. The summed E-state index contributed by atoms with van der Waals surface area (Å²) in [5, 5.41) is 44.7. The van der Waals surface area contributed by atoms with E-state index in [1.165, 1.54) is 0 Å². The average molecular weight is 613 g/mol. The van der Waals surface area contributed by atoms with Crippen LogP contribution in [0.25, 0.3) is 0 Å². The minimum Gasteiger partial charge on any atom is -0.480 e. The first-order valence-electron chi connectivity index (χ1n) is 11.4. The number of carbonyl (C=O) groups excluding carboxylic acids is 4. The molecular weight excluding hydrogens is 580 g/mol. The highest BCUT2D eigenvalue weighted by Gasteiger charge is 2.24. The van der Waals surface area contributed by atoms with E-state index in [-0.39, 0.29) is 37.2 Å². The molecule has 40 heavy (non-hydrogen) atoms. The van der Waals surface area contributed by atoms with Crippen LogP contribution in [0.2, 0.25) is 0 Å². The van der Waals surface area contributed by atoms with E-state index in [4.69, 9.17) is 21.7 Å². The number of rotatable bonds is 21. The number of carboxylic acid groups (broad SMARTS) is 4. The third-order valence-electron chi connectivity index (χ3n) is 4.71. The van der Waals surface area contributed by atoms with Crippen molar-refractivity contribution in [1.29, 1.82) is 0 Å². The van der Waals surface area contributed by atoms with Crippen LogP contribution in [-0.2, 0) is 38.4 Å². The first kappa shape index (κ1) is 36.4. The Balaban J connectivity index is 4.47. The Morgan fingerprint density at radius 1 is 0.550 bits per heavy atom. The van der Waals surface area contributed by atoms with Gasteiger partial charge in [0.2, 0.25) is 23.6 Å². The SMILES string of the molecule is N[C@@H](CCC(=O)NCC(=O)N[C@@H](CSSC[C@H](NC(=O)CNC(=O)CC[C@H](N)C(=O)O)C(=O)O)C(=O)O)C(=O)O. The van der Waals surface area contributed by atoms with Crippen LogP contribution in [0.4, 0.5) is 0 Å². The van der Waals surface area contributed by atoms with E-state index in [0.29, 0.717) is 0 Å². The minimum atomic E-state index is -1.40. The number of carbonyl (C=O) groups is 8. The Morgan fingerprint density at radius 3 is 1.15 bits per heavy atom. The summed E-state index contributed by atoms with van der Waals surface area (Å²) in [6.07, 6.45) is -0.843. The first-order chi connectivity index (χ1) is 18.6. The molecule has 0 aliphatic rings. The summed E-state index contributed by atoms with van der Waals surface area (Å²) in [7, 11) is 1.79. The number of aliphatic carboxylic acids is 4. The number of nitrogens with one attached hydrogen (secondary N) is 4. The monoisotopic (exact) mass is 612 g/mol. The molecule has 4 atom stereocenters. The van der Waals surface area contributed by atoms with Crippen LogP contribution < -0.4 is 32.7 Å². The van der Waals surface area contributed by atoms with E-state index in [9.17, 15) is 48.6 Å². The number of amides is 4. The lowest BCUT2D eigenvalue weighted by molar-refractivity contribution is -0.141. The van der Waals surface area contributed by atoms with Gasteiger partial charge in [0.25, 0.3) is 0 Å². The highest BCUT2D eigenvalue weighted by atomic mass is 33.1. The lowest BCUT2D eigenvalue weighted by Crippen LogP contribution is -2.47. The van der Waals surface area contributed by atoms with E-state index < -0.39 is 84.8 Å². The molecule has 0 fully saturated rings. The summed E-state index contributed by atoms with van der Waals surface area (Å²) in [6.45, 7) is -1.14. The Labute approximate surface area is 235 Å². The van der Waals surface area contributed by atoms with Crippen molar-refractivity contribution in [3.05, 3.63) is 0 Å². The van der Waals surface area contributed by atoms with Crippen molar-refractivity contribution in [2.24, 2.45) is 11.5 Å². The molecule has 0 unspecified atom stereocenters. The summed E-state index contributed by atoms with van der Waals surface area (Å²) >= 11 is 0. The molecule has 0 aromatic heterocycles. The van der Waals surface area contributed by atoms with Gasteiger partial charge in [0.15, 0.2) is 0 Å². The van der Waals surface area contributed by atoms with Gasteiger partial charge in [-0.05, 0) is 12.8 Å². The van der Waals surface area contributed by atoms with Crippen LogP contribution in [0.15, 0.2) is 0 Å². The predicted molar refractivity (Wildman–Crippen MR) is 140 cm³/mol. The fourth-order valence-corrected chi connectivity index (χ4v) is 4.74. The molecule has 0 aromatic carbocycles.